The molecular formula is C23H23NO3S2. The number of thiol groups is 1. The summed E-state index contributed by atoms with van der Waals surface area (Å²) in [5, 5.41) is 14.3. The van der Waals surface area contributed by atoms with Crippen LogP contribution in [0.5, 0.6) is 0 Å². The lowest BCUT2D eigenvalue weighted by molar-refractivity contribution is -0.142. The van der Waals surface area contributed by atoms with E-state index in [-0.39, 0.29) is 18.2 Å². The maximum atomic E-state index is 12.7. The molecule has 150 valence electrons. The normalized spacial score (nSPS) is 12.9. The Hall–Kier alpha value is -2.57. The maximum absolute atomic E-state index is 12.7. The number of hydrogen-bond donors (Lipinski definition) is 3. The second-order valence-electron chi connectivity index (χ2n) is 6.85. The molecule has 1 amide bonds. The van der Waals surface area contributed by atoms with Gasteiger partial charge in [0.1, 0.15) is 6.04 Å². The van der Waals surface area contributed by atoms with E-state index in [0.717, 1.165) is 21.6 Å². The summed E-state index contributed by atoms with van der Waals surface area (Å²) in [7, 11) is 0. The highest BCUT2D eigenvalue weighted by Crippen LogP contribution is 2.25. The quantitative estimate of drug-likeness (QED) is 0.448. The first-order valence-electron chi connectivity index (χ1n) is 9.37. The van der Waals surface area contributed by atoms with Crippen molar-refractivity contribution in [2.24, 2.45) is 5.92 Å². The third-order valence-electron chi connectivity index (χ3n) is 4.73. The molecule has 3 rings (SSSR count). The van der Waals surface area contributed by atoms with Gasteiger partial charge in [-0.2, -0.15) is 12.6 Å². The molecule has 0 spiro atoms. The van der Waals surface area contributed by atoms with Crippen molar-refractivity contribution in [2.45, 2.75) is 18.9 Å². The SMILES string of the molecule is O=C(N[C@@H](Cc1ccc(-c2cccs2)cc1)C(=O)O)[C@@H](CS)Cc1ccccc1. The minimum Gasteiger partial charge on any atom is -0.480 e. The first kappa shape index (κ1) is 21.1. The average Bonchev–Trinajstić information content (AvgIpc) is 3.27. The maximum Gasteiger partial charge on any atom is 0.326 e. The van der Waals surface area contributed by atoms with E-state index in [4.69, 9.17) is 0 Å². The van der Waals surface area contributed by atoms with Crippen molar-refractivity contribution >= 4 is 35.8 Å². The molecule has 0 saturated heterocycles. The summed E-state index contributed by atoms with van der Waals surface area (Å²) in [4.78, 5) is 25.6. The summed E-state index contributed by atoms with van der Waals surface area (Å²) in [6, 6.07) is 20.5. The fourth-order valence-electron chi connectivity index (χ4n) is 3.11. The topological polar surface area (TPSA) is 66.4 Å². The van der Waals surface area contributed by atoms with E-state index < -0.39 is 12.0 Å². The molecule has 1 heterocycles. The van der Waals surface area contributed by atoms with Gasteiger partial charge in [-0.1, -0.05) is 60.7 Å². The highest BCUT2D eigenvalue weighted by atomic mass is 32.1. The fourth-order valence-corrected chi connectivity index (χ4v) is 4.14. The Labute approximate surface area is 180 Å². The number of nitrogens with one attached hydrogen (secondary N) is 1. The van der Waals surface area contributed by atoms with Crippen LogP contribution in [0.25, 0.3) is 10.4 Å². The van der Waals surface area contributed by atoms with Gasteiger partial charge in [-0.3, -0.25) is 4.79 Å². The minimum absolute atomic E-state index is 0.233. The lowest BCUT2D eigenvalue weighted by atomic mass is 9.98. The summed E-state index contributed by atoms with van der Waals surface area (Å²) in [5.74, 6) is -1.36. The summed E-state index contributed by atoms with van der Waals surface area (Å²) < 4.78 is 0. The summed E-state index contributed by atoms with van der Waals surface area (Å²) in [6.07, 6.45) is 0.758. The van der Waals surface area contributed by atoms with E-state index in [0.29, 0.717) is 12.2 Å². The number of carboxylic acids is 1. The number of carbonyl (C=O) groups is 2. The average molecular weight is 426 g/mol. The van der Waals surface area contributed by atoms with E-state index in [2.05, 4.69) is 17.9 Å². The van der Waals surface area contributed by atoms with Crippen molar-refractivity contribution < 1.29 is 14.7 Å². The van der Waals surface area contributed by atoms with Crippen LogP contribution in [0.3, 0.4) is 0 Å². The van der Waals surface area contributed by atoms with Crippen LogP contribution in [0.1, 0.15) is 11.1 Å². The number of thiophene rings is 1. The number of rotatable bonds is 9. The Balaban J connectivity index is 1.64. The van der Waals surface area contributed by atoms with Crippen LogP contribution in [0.4, 0.5) is 0 Å². The second-order valence-corrected chi connectivity index (χ2v) is 8.16. The summed E-state index contributed by atoms with van der Waals surface area (Å²) in [5.41, 5.74) is 2.99. The zero-order valence-electron chi connectivity index (χ0n) is 15.8. The van der Waals surface area contributed by atoms with E-state index in [1.54, 1.807) is 11.3 Å². The van der Waals surface area contributed by atoms with Crippen LogP contribution in [0, 0.1) is 5.92 Å². The zero-order chi connectivity index (χ0) is 20.6. The van der Waals surface area contributed by atoms with Crippen LogP contribution >= 0.6 is 24.0 Å². The van der Waals surface area contributed by atoms with E-state index >= 15 is 0 Å². The van der Waals surface area contributed by atoms with Crippen LogP contribution in [0.15, 0.2) is 72.1 Å². The van der Waals surface area contributed by atoms with Gasteiger partial charge in [-0.15, -0.1) is 11.3 Å². The lowest BCUT2D eigenvalue weighted by Gasteiger charge is -2.19. The van der Waals surface area contributed by atoms with Gasteiger partial charge in [0, 0.05) is 17.1 Å². The smallest absolute Gasteiger partial charge is 0.326 e. The van der Waals surface area contributed by atoms with Gasteiger partial charge >= 0.3 is 5.97 Å². The van der Waals surface area contributed by atoms with Crippen LogP contribution < -0.4 is 5.32 Å². The van der Waals surface area contributed by atoms with Crippen molar-refractivity contribution in [2.75, 3.05) is 5.75 Å². The van der Waals surface area contributed by atoms with Crippen molar-refractivity contribution in [3.63, 3.8) is 0 Å². The van der Waals surface area contributed by atoms with Gasteiger partial charge in [-0.25, -0.2) is 4.79 Å². The Morgan fingerprint density at radius 3 is 2.21 bits per heavy atom. The predicted molar refractivity (Wildman–Crippen MR) is 121 cm³/mol. The molecule has 2 N–H and O–H groups in total. The van der Waals surface area contributed by atoms with Gasteiger partial charge < -0.3 is 10.4 Å². The third-order valence-corrected chi connectivity index (χ3v) is 6.09. The highest BCUT2D eigenvalue weighted by Gasteiger charge is 2.25. The first-order chi connectivity index (χ1) is 14.1. The van der Waals surface area contributed by atoms with Gasteiger partial charge in [0.15, 0.2) is 0 Å². The van der Waals surface area contributed by atoms with Crippen molar-refractivity contribution in [1.29, 1.82) is 0 Å². The van der Waals surface area contributed by atoms with Crippen molar-refractivity contribution in [3.8, 4) is 10.4 Å². The number of hydrogen-bond acceptors (Lipinski definition) is 4. The molecule has 29 heavy (non-hydrogen) atoms. The summed E-state index contributed by atoms with van der Waals surface area (Å²) in [6.45, 7) is 0. The summed E-state index contributed by atoms with van der Waals surface area (Å²) >= 11 is 5.95. The molecule has 4 nitrogen and oxygen atoms in total. The number of carboxylic acid groups (broad SMARTS) is 1. The third kappa shape index (κ3) is 5.95. The number of aliphatic carboxylic acids is 1. The molecule has 3 aromatic rings. The van der Waals surface area contributed by atoms with Gasteiger partial charge in [0.05, 0.1) is 5.92 Å². The molecule has 0 aliphatic carbocycles. The van der Waals surface area contributed by atoms with Crippen LogP contribution in [-0.2, 0) is 22.4 Å². The molecule has 0 aliphatic rings. The molecule has 0 bridgehead atoms. The number of benzene rings is 2. The molecular weight excluding hydrogens is 402 g/mol. The monoisotopic (exact) mass is 425 g/mol. The molecule has 1 aromatic heterocycles. The highest BCUT2D eigenvalue weighted by molar-refractivity contribution is 7.80. The van der Waals surface area contributed by atoms with E-state index in [1.165, 1.54) is 0 Å². The van der Waals surface area contributed by atoms with Gasteiger partial charge in [0.2, 0.25) is 5.91 Å². The predicted octanol–water partition coefficient (Wildman–Crippen LogP) is 4.32. The number of amides is 1. The molecule has 0 aliphatic heterocycles. The fraction of sp³-hybridized carbons (Fsp3) is 0.217. The Morgan fingerprint density at radius 1 is 0.931 bits per heavy atom. The molecule has 0 saturated carbocycles. The molecule has 2 atom stereocenters. The standard InChI is InChI=1S/C23H23NO3S2/c25-22(19(15-28)13-16-5-2-1-3-6-16)24-20(23(26)27)14-17-8-10-18(11-9-17)21-7-4-12-29-21/h1-12,19-20,28H,13-15H2,(H,24,25)(H,26,27)/t19-,20+/m1/s1. The van der Waals surface area contributed by atoms with E-state index in [9.17, 15) is 14.7 Å². The number of carbonyl (C=O) groups excluding carboxylic acids is 1. The first-order valence-corrected chi connectivity index (χ1v) is 10.9. The molecule has 0 unspecified atom stereocenters. The van der Waals surface area contributed by atoms with E-state index in [1.807, 2.05) is 72.1 Å². The largest absolute Gasteiger partial charge is 0.480 e. The Kier molecular flexibility index (Phi) is 7.49. The van der Waals surface area contributed by atoms with Crippen molar-refractivity contribution in [1.82, 2.24) is 5.32 Å². The van der Waals surface area contributed by atoms with Gasteiger partial charge in [0.25, 0.3) is 0 Å². The Bertz CT molecular complexity index is 925. The second kappa shape index (κ2) is 10.3. The molecule has 2 aromatic carbocycles. The molecule has 0 fully saturated rings. The minimum atomic E-state index is -1.04. The molecule has 6 heteroatoms. The zero-order valence-corrected chi connectivity index (χ0v) is 17.5. The molecule has 0 radical (unpaired) electrons. The van der Waals surface area contributed by atoms with Crippen LogP contribution in [0.2, 0.25) is 0 Å². The van der Waals surface area contributed by atoms with Crippen LogP contribution in [-0.4, -0.2) is 28.8 Å². The lowest BCUT2D eigenvalue weighted by Crippen LogP contribution is -2.45. The van der Waals surface area contributed by atoms with Crippen molar-refractivity contribution in [3.05, 3.63) is 83.2 Å². The van der Waals surface area contributed by atoms with Gasteiger partial charge in [-0.05, 0) is 34.6 Å². The Morgan fingerprint density at radius 2 is 1.62 bits per heavy atom.